The zero-order chi connectivity index (χ0) is 24.8. The van der Waals surface area contributed by atoms with E-state index in [1.807, 2.05) is 30.3 Å². The second-order valence-corrected chi connectivity index (χ2v) is 7.33. The normalized spacial score (nSPS) is 10.5. The summed E-state index contributed by atoms with van der Waals surface area (Å²) in [5, 5.41) is 2.37. The lowest BCUT2D eigenvalue weighted by molar-refractivity contribution is -0.119. The standard InChI is InChI=1S/C25H24N2O7/c1-5-32-25(31)22-21(15(3)28)16(4)34-23(22)27-20(29)13-33-24(30)18-11-12-19(26-14(18)2)17-9-7-6-8-10-17/h6-12H,5,13H2,1-4H3,(H,27,29). The van der Waals surface area contributed by atoms with Gasteiger partial charge in [-0.3, -0.25) is 19.9 Å². The predicted octanol–water partition coefficient (Wildman–Crippen LogP) is 4.13. The third-order valence-electron chi connectivity index (χ3n) is 4.88. The Morgan fingerprint density at radius 1 is 0.941 bits per heavy atom. The number of Topliss-reactive ketones (excluding diaryl/α,β-unsaturated/α-hetero) is 1. The van der Waals surface area contributed by atoms with E-state index in [1.165, 1.54) is 13.8 Å². The second kappa shape index (κ2) is 10.6. The molecule has 3 rings (SSSR count). The third-order valence-corrected chi connectivity index (χ3v) is 4.88. The van der Waals surface area contributed by atoms with Gasteiger partial charge < -0.3 is 13.9 Å². The number of hydrogen-bond acceptors (Lipinski definition) is 8. The van der Waals surface area contributed by atoms with Gasteiger partial charge in [0.15, 0.2) is 12.4 Å². The molecule has 0 spiro atoms. The van der Waals surface area contributed by atoms with E-state index in [-0.39, 0.29) is 34.9 Å². The van der Waals surface area contributed by atoms with Crippen LogP contribution in [-0.2, 0) is 14.3 Å². The lowest BCUT2D eigenvalue weighted by Crippen LogP contribution is -2.22. The molecule has 0 radical (unpaired) electrons. The Bertz CT molecular complexity index is 1250. The molecule has 1 amide bonds. The van der Waals surface area contributed by atoms with Gasteiger partial charge in [0, 0.05) is 5.56 Å². The smallest absolute Gasteiger partial charge is 0.344 e. The van der Waals surface area contributed by atoms with Crippen LogP contribution in [0, 0.1) is 13.8 Å². The highest BCUT2D eigenvalue weighted by Gasteiger charge is 2.29. The Labute approximate surface area is 196 Å². The fourth-order valence-corrected chi connectivity index (χ4v) is 3.37. The van der Waals surface area contributed by atoms with Crippen molar-refractivity contribution in [1.82, 2.24) is 4.98 Å². The van der Waals surface area contributed by atoms with E-state index in [0.717, 1.165) is 5.56 Å². The van der Waals surface area contributed by atoms with Crippen molar-refractivity contribution in [2.45, 2.75) is 27.7 Å². The number of anilines is 1. The molecule has 9 nitrogen and oxygen atoms in total. The van der Waals surface area contributed by atoms with Crippen LogP contribution in [-0.4, -0.2) is 41.8 Å². The number of nitrogens with zero attached hydrogens (tertiary/aromatic N) is 1. The van der Waals surface area contributed by atoms with E-state index in [2.05, 4.69) is 10.3 Å². The van der Waals surface area contributed by atoms with Crippen LogP contribution in [0.2, 0.25) is 0 Å². The van der Waals surface area contributed by atoms with Crippen LogP contribution in [0.15, 0.2) is 46.9 Å². The summed E-state index contributed by atoms with van der Waals surface area (Å²) in [5.74, 6) is -2.80. The highest BCUT2D eigenvalue weighted by atomic mass is 16.5. The quantitative estimate of drug-likeness (QED) is 0.390. The van der Waals surface area contributed by atoms with Crippen LogP contribution >= 0.6 is 0 Å². The summed E-state index contributed by atoms with van der Waals surface area (Å²) in [7, 11) is 0. The highest BCUT2D eigenvalue weighted by Crippen LogP contribution is 2.28. The van der Waals surface area contributed by atoms with Crippen molar-refractivity contribution >= 4 is 29.5 Å². The topological polar surface area (TPSA) is 125 Å². The predicted molar refractivity (Wildman–Crippen MR) is 123 cm³/mol. The van der Waals surface area contributed by atoms with Gasteiger partial charge in [-0.1, -0.05) is 30.3 Å². The van der Waals surface area contributed by atoms with Gasteiger partial charge in [0.05, 0.1) is 29.1 Å². The van der Waals surface area contributed by atoms with Gasteiger partial charge in [-0.15, -0.1) is 0 Å². The number of aromatic nitrogens is 1. The first kappa shape index (κ1) is 24.4. The molecule has 0 bridgehead atoms. The van der Waals surface area contributed by atoms with Crippen LogP contribution < -0.4 is 5.32 Å². The largest absolute Gasteiger partial charge is 0.462 e. The molecule has 0 aliphatic carbocycles. The average molecular weight is 464 g/mol. The molecular weight excluding hydrogens is 440 g/mol. The van der Waals surface area contributed by atoms with Crippen molar-refractivity contribution < 1.29 is 33.1 Å². The maximum absolute atomic E-state index is 12.5. The van der Waals surface area contributed by atoms with Crippen molar-refractivity contribution in [3.8, 4) is 11.3 Å². The number of carbonyl (C=O) groups excluding carboxylic acids is 4. The molecule has 0 unspecified atom stereocenters. The van der Waals surface area contributed by atoms with Crippen molar-refractivity contribution in [2.24, 2.45) is 0 Å². The van der Waals surface area contributed by atoms with Crippen molar-refractivity contribution in [1.29, 1.82) is 0 Å². The molecule has 0 aliphatic rings. The summed E-state index contributed by atoms with van der Waals surface area (Å²) in [5.41, 5.74) is 2.11. The van der Waals surface area contributed by atoms with E-state index < -0.39 is 30.2 Å². The van der Waals surface area contributed by atoms with Crippen LogP contribution in [0.1, 0.15) is 56.4 Å². The van der Waals surface area contributed by atoms with Gasteiger partial charge >= 0.3 is 11.9 Å². The molecule has 2 heterocycles. The first-order valence-electron chi connectivity index (χ1n) is 10.5. The van der Waals surface area contributed by atoms with Crippen molar-refractivity contribution in [3.05, 3.63) is 70.6 Å². The van der Waals surface area contributed by atoms with Crippen LogP contribution in [0.4, 0.5) is 5.88 Å². The Hall–Kier alpha value is -4.27. The highest BCUT2D eigenvalue weighted by molar-refractivity contribution is 6.11. The summed E-state index contributed by atoms with van der Waals surface area (Å²) in [6, 6.07) is 12.8. The monoisotopic (exact) mass is 464 g/mol. The van der Waals surface area contributed by atoms with E-state index in [0.29, 0.717) is 11.4 Å². The minimum Gasteiger partial charge on any atom is -0.462 e. The molecule has 0 saturated heterocycles. The number of carbonyl (C=O) groups is 4. The number of aryl methyl sites for hydroxylation is 2. The van der Waals surface area contributed by atoms with Crippen molar-refractivity contribution in [3.63, 3.8) is 0 Å². The van der Waals surface area contributed by atoms with Crippen LogP contribution in [0.3, 0.4) is 0 Å². The number of hydrogen-bond donors (Lipinski definition) is 1. The van der Waals surface area contributed by atoms with Gasteiger partial charge in [-0.05, 0) is 39.8 Å². The zero-order valence-corrected chi connectivity index (χ0v) is 19.3. The molecule has 0 fully saturated rings. The number of esters is 2. The minimum atomic E-state index is -0.808. The number of pyridine rings is 1. The van der Waals surface area contributed by atoms with Gasteiger partial charge in [-0.2, -0.15) is 0 Å². The number of ether oxygens (including phenoxy) is 2. The number of benzene rings is 1. The first-order chi connectivity index (χ1) is 16.2. The summed E-state index contributed by atoms with van der Waals surface area (Å²) in [6.45, 7) is 5.47. The Balaban J connectivity index is 1.70. The van der Waals surface area contributed by atoms with Crippen LogP contribution in [0.25, 0.3) is 11.3 Å². The molecule has 2 aromatic heterocycles. The first-order valence-corrected chi connectivity index (χ1v) is 10.5. The fourth-order valence-electron chi connectivity index (χ4n) is 3.37. The van der Waals surface area contributed by atoms with Gasteiger partial charge in [-0.25, -0.2) is 9.59 Å². The molecular formula is C25H24N2O7. The molecule has 34 heavy (non-hydrogen) atoms. The second-order valence-electron chi connectivity index (χ2n) is 7.33. The molecule has 0 atom stereocenters. The minimum absolute atomic E-state index is 0.0194. The van der Waals surface area contributed by atoms with Gasteiger partial charge in [0.1, 0.15) is 11.3 Å². The summed E-state index contributed by atoms with van der Waals surface area (Å²) >= 11 is 0. The van der Waals surface area contributed by atoms with Crippen molar-refractivity contribution in [2.75, 3.05) is 18.5 Å². The molecule has 0 saturated carbocycles. The molecule has 1 N–H and O–H groups in total. The van der Waals surface area contributed by atoms with E-state index in [9.17, 15) is 19.2 Å². The lowest BCUT2D eigenvalue weighted by atomic mass is 10.1. The maximum atomic E-state index is 12.5. The van der Waals surface area contributed by atoms with Gasteiger partial charge in [0.2, 0.25) is 5.88 Å². The fraction of sp³-hybridized carbons (Fsp3) is 0.240. The molecule has 0 aliphatic heterocycles. The summed E-state index contributed by atoms with van der Waals surface area (Å²) in [6.07, 6.45) is 0. The summed E-state index contributed by atoms with van der Waals surface area (Å²) in [4.78, 5) is 53.6. The molecule has 1 aromatic carbocycles. The number of ketones is 1. The van der Waals surface area contributed by atoms with E-state index in [1.54, 1.807) is 26.0 Å². The number of nitrogens with one attached hydrogen (secondary N) is 1. The average Bonchev–Trinajstić information content (AvgIpc) is 3.13. The third kappa shape index (κ3) is 5.37. The lowest BCUT2D eigenvalue weighted by Gasteiger charge is -2.09. The van der Waals surface area contributed by atoms with Crippen LogP contribution in [0.5, 0.6) is 0 Å². The number of rotatable bonds is 8. The SMILES string of the molecule is CCOC(=O)c1c(NC(=O)COC(=O)c2ccc(-c3ccccc3)nc2C)oc(C)c1C(C)=O. The molecule has 9 heteroatoms. The number of amides is 1. The molecule has 176 valence electrons. The Morgan fingerprint density at radius 3 is 2.26 bits per heavy atom. The molecule has 3 aromatic rings. The van der Waals surface area contributed by atoms with E-state index >= 15 is 0 Å². The Kier molecular flexibility index (Phi) is 7.57. The zero-order valence-electron chi connectivity index (χ0n) is 19.3. The Morgan fingerprint density at radius 2 is 1.65 bits per heavy atom. The van der Waals surface area contributed by atoms with Gasteiger partial charge in [0.25, 0.3) is 5.91 Å². The van der Waals surface area contributed by atoms with E-state index in [4.69, 9.17) is 13.9 Å². The summed E-state index contributed by atoms with van der Waals surface area (Å²) < 4.78 is 15.5. The maximum Gasteiger partial charge on any atom is 0.344 e. The number of furan rings is 1.